The molecule has 1 N–H and O–H groups in total. The second kappa shape index (κ2) is 18.7. The Bertz CT molecular complexity index is 601. The molecule has 5 nitrogen and oxygen atoms in total. The number of aliphatic carboxylic acids is 1. The summed E-state index contributed by atoms with van der Waals surface area (Å²) in [6, 6.07) is 9.84. The van der Waals surface area contributed by atoms with E-state index < -0.39 is 5.97 Å². The van der Waals surface area contributed by atoms with E-state index in [4.69, 9.17) is 14.6 Å². The van der Waals surface area contributed by atoms with E-state index in [1.165, 1.54) is 58.3 Å². The van der Waals surface area contributed by atoms with Gasteiger partial charge in [-0.15, -0.1) is 0 Å². The summed E-state index contributed by atoms with van der Waals surface area (Å²) in [6.45, 7) is 4.10. The van der Waals surface area contributed by atoms with E-state index in [1.54, 1.807) is 0 Å². The predicted octanol–water partition coefficient (Wildman–Crippen LogP) is 7.07. The zero-order valence-electron chi connectivity index (χ0n) is 20.2. The molecule has 2 atom stereocenters. The fourth-order valence-corrected chi connectivity index (χ4v) is 3.95. The third kappa shape index (κ3) is 15.9. The van der Waals surface area contributed by atoms with Gasteiger partial charge in [0.1, 0.15) is 6.10 Å². The molecule has 0 fully saturated rings. The molecular formula is C27H44O5. The van der Waals surface area contributed by atoms with Crippen molar-refractivity contribution in [2.24, 2.45) is 0 Å². The molecule has 182 valence electrons. The molecule has 0 amide bonds. The highest BCUT2D eigenvalue weighted by molar-refractivity contribution is 5.66. The summed E-state index contributed by atoms with van der Waals surface area (Å²) < 4.78 is 11.6. The van der Waals surface area contributed by atoms with Crippen LogP contribution in [-0.4, -0.2) is 29.3 Å². The molecule has 1 aromatic rings. The van der Waals surface area contributed by atoms with Crippen LogP contribution in [0.2, 0.25) is 0 Å². The van der Waals surface area contributed by atoms with Gasteiger partial charge < -0.3 is 14.6 Å². The summed E-state index contributed by atoms with van der Waals surface area (Å²) in [5.41, 5.74) is 1.05. The topological polar surface area (TPSA) is 72.8 Å². The van der Waals surface area contributed by atoms with Crippen molar-refractivity contribution in [3.8, 4) is 0 Å². The standard InChI is InChI=1S/C27H44O5/c1-3-4-5-6-7-8-9-10-11-15-18-26(32-23(2)28)21-25(19-20-27(29)30)31-22-24-16-13-12-14-17-24/h12-14,16-17,25-26H,3-11,15,18-22H2,1-2H3,(H,29,30). The van der Waals surface area contributed by atoms with Crippen molar-refractivity contribution in [3.05, 3.63) is 35.9 Å². The first-order valence-corrected chi connectivity index (χ1v) is 12.6. The number of carboxylic acid groups (broad SMARTS) is 1. The Morgan fingerprint density at radius 1 is 0.844 bits per heavy atom. The van der Waals surface area contributed by atoms with Gasteiger partial charge in [-0.3, -0.25) is 9.59 Å². The molecule has 0 radical (unpaired) electrons. The third-order valence-corrected chi connectivity index (χ3v) is 5.75. The fraction of sp³-hybridized carbons (Fsp3) is 0.704. The van der Waals surface area contributed by atoms with Gasteiger partial charge in [0.05, 0.1) is 12.7 Å². The summed E-state index contributed by atoms with van der Waals surface area (Å²) in [5.74, 6) is -1.13. The van der Waals surface area contributed by atoms with Crippen molar-refractivity contribution in [2.45, 2.75) is 123 Å². The smallest absolute Gasteiger partial charge is 0.303 e. The van der Waals surface area contributed by atoms with Gasteiger partial charge in [0.25, 0.3) is 0 Å². The van der Waals surface area contributed by atoms with Crippen molar-refractivity contribution in [3.63, 3.8) is 0 Å². The minimum absolute atomic E-state index is 0.0461. The molecule has 0 bridgehead atoms. The Balaban J connectivity index is 2.40. The molecule has 1 aromatic carbocycles. The lowest BCUT2D eigenvalue weighted by molar-refractivity contribution is -0.149. The predicted molar refractivity (Wildman–Crippen MR) is 129 cm³/mol. The highest BCUT2D eigenvalue weighted by atomic mass is 16.5. The summed E-state index contributed by atoms with van der Waals surface area (Å²) in [6.07, 6.45) is 13.9. The van der Waals surface area contributed by atoms with E-state index in [1.807, 2.05) is 30.3 Å². The second-order valence-corrected chi connectivity index (χ2v) is 8.79. The molecule has 0 aliphatic heterocycles. The van der Waals surface area contributed by atoms with Crippen molar-refractivity contribution in [1.29, 1.82) is 0 Å². The summed E-state index contributed by atoms with van der Waals surface area (Å²) in [4.78, 5) is 22.7. The quantitative estimate of drug-likeness (QED) is 0.171. The van der Waals surface area contributed by atoms with Crippen molar-refractivity contribution in [2.75, 3.05) is 0 Å². The van der Waals surface area contributed by atoms with Gasteiger partial charge in [-0.2, -0.15) is 0 Å². The Hall–Kier alpha value is -1.88. The van der Waals surface area contributed by atoms with Gasteiger partial charge in [-0.1, -0.05) is 95.0 Å². The Kier molecular flexibility index (Phi) is 16.4. The molecule has 0 heterocycles. The van der Waals surface area contributed by atoms with Crippen LogP contribution in [0.5, 0.6) is 0 Å². The van der Waals surface area contributed by atoms with Crippen LogP contribution < -0.4 is 0 Å². The number of carbonyl (C=O) groups is 2. The maximum Gasteiger partial charge on any atom is 0.303 e. The summed E-state index contributed by atoms with van der Waals surface area (Å²) in [5, 5.41) is 9.09. The number of rotatable bonds is 20. The van der Waals surface area contributed by atoms with Crippen LogP contribution in [0.25, 0.3) is 0 Å². The minimum Gasteiger partial charge on any atom is -0.481 e. The highest BCUT2D eigenvalue weighted by Crippen LogP contribution is 2.20. The van der Waals surface area contributed by atoms with Gasteiger partial charge in [-0.25, -0.2) is 0 Å². The number of ether oxygens (including phenoxy) is 2. The molecule has 0 saturated heterocycles. The number of carboxylic acids is 1. The third-order valence-electron chi connectivity index (χ3n) is 5.75. The van der Waals surface area contributed by atoms with E-state index in [0.29, 0.717) is 19.4 Å². The van der Waals surface area contributed by atoms with Crippen LogP contribution in [0, 0.1) is 0 Å². The SMILES string of the molecule is CCCCCCCCCCCCC(CC(CCC(=O)O)OCc1ccccc1)OC(C)=O. The first kappa shape index (κ1) is 28.2. The van der Waals surface area contributed by atoms with Gasteiger partial charge in [0.15, 0.2) is 0 Å². The lowest BCUT2D eigenvalue weighted by atomic mass is 10.0. The Morgan fingerprint density at radius 3 is 2.00 bits per heavy atom. The highest BCUT2D eigenvalue weighted by Gasteiger charge is 2.20. The van der Waals surface area contributed by atoms with Crippen LogP contribution in [-0.2, 0) is 25.7 Å². The number of benzene rings is 1. The first-order valence-electron chi connectivity index (χ1n) is 12.6. The van der Waals surface area contributed by atoms with Gasteiger partial charge in [-0.05, 0) is 24.8 Å². The van der Waals surface area contributed by atoms with E-state index in [-0.39, 0.29) is 24.6 Å². The normalized spacial score (nSPS) is 12.9. The van der Waals surface area contributed by atoms with Gasteiger partial charge >= 0.3 is 11.9 Å². The van der Waals surface area contributed by atoms with Crippen LogP contribution in [0.1, 0.15) is 109 Å². The maximum atomic E-state index is 11.6. The fourth-order valence-electron chi connectivity index (χ4n) is 3.95. The lowest BCUT2D eigenvalue weighted by Crippen LogP contribution is -2.25. The van der Waals surface area contributed by atoms with Crippen molar-refractivity contribution >= 4 is 11.9 Å². The van der Waals surface area contributed by atoms with Crippen LogP contribution >= 0.6 is 0 Å². The summed E-state index contributed by atoms with van der Waals surface area (Å²) >= 11 is 0. The van der Waals surface area contributed by atoms with Crippen LogP contribution in [0.15, 0.2) is 30.3 Å². The molecule has 2 unspecified atom stereocenters. The number of hydrogen-bond donors (Lipinski definition) is 1. The number of hydrogen-bond acceptors (Lipinski definition) is 4. The minimum atomic E-state index is -0.836. The van der Waals surface area contributed by atoms with Crippen LogP contribution in [0.4, 0.5) is 0 Å². The monoisotopic (exact) mass is 448 g/mol. The van der Waals surface area contributed by atoms with Crippen molar-refractivity contribution in [1.82, 2.24) is 0 Å². The van der Waals surface area contributed by atoms with E-state index >= 15 is 0 Å². The molecule has 32 heavy (non-hydrogen) atoms. The zero-order chi connectivity index (χ0) is 23.4. The summed E-state index contributed by atoms with van der Waals surface area (Å²) in [7, 11) is 0. The molecule has 0 spiro atoms. The number of unbranched alkanes of at least 4 members (excludes halogenated alkanes) is 9. The average molecular weight is 449 g/mol. The Labute approximate surface area is 194 Å². The Morgan fingerprint density at radius 2 is 1.44 bits per heavy atom. The molecule has 0 aliphatic carbocycles. The van der Waals surface area contributed by atoms with E-state index in [0.717, 1.165) is 24.8 Å². The first-order chi connectivity index (χ1) is 15.5. The molecule has 1 rings (SSSR count). The number of carbonyl (C=O) groups excluding carboxylic acids is 1. The lowest BCUT2D eigenvalue weighted by Gasteiger charge is -2.24. The molecule has 5 heteroatoms. The zero-order valence-corrected chi connectivity index (χ0v) is 20.2. The van der Waals surface area contributed by atoms with E-state index in [9.17, 15) is 9.59 Å². The van der Waals surface area contributed by atoms with Gasteiger partial charge in [0.2, 0.25) is 0 Å². The largest absolute Gasteiger partial charge is 0.481 e. The second-order valence-electron chi connectivity index (χ2n) is 8.79. The molecule has 0 aliphatic rings. The van der Waals surface area contributed by atoms with Crippen molar-refractivity contribution < 1.29 is 24.2 Å². The van der Waals surface area contributed by atoms with Crippen LogP contribution in [0.3, 0.4) is 0 Å². The van der Waals surface area contributed by atoms with E-state index in [2.05, 4.69) is 6.92 Å². The molecule has 0 aromatic heterocycles. The maximum absolute atomic E-state index is 11.6. The van der Waals surface area contributed by atoms with Gasteiger partial charge in [0, 0.05) is 19.8 Å². The average Bonchev–Trinajstić information content (AvgIpc) is 2.77. The molecular weight excluding hydrogens is 404 g/mol. The number of esters is 1. The molecule has 0 saturated carbocycles.